The van der Waals surface area contributed by atoms with Crippen LogP contribution in [-0.4, -0.2) is 11.5 Å². The summed E-state index contributed by atoms with van der Waals surface area (Å²) < 4.78 is 24.8. The third kappa shape index (κ3) is 2.02. The van der Waals surface area contributed by atoms with E-state index < -0.39 is 12.5 Å². The first-order chi connectivity index (χ1) is 5.52. The van der Waals surface area contributed by atoms with Gasteiger partial charge < -0.3 is 5.11 Å². The van der Waals surface area contributed by atoms with Crippen LogP contribution in [0.3, 0.4) is 0 Å². The normalized spacial score (nSPS) is 13.8. The van der Waals surface area contributed by atoms with Crippen LogP contribution in [0.2, 0.25) is 0 Å². The maximum absolute atomic E-state index is 12.0. The molecule has 0 aromatic carbocycles. The fourth-order valence-corrected chi connectivity index (χ4v) is 2.31. The van der Waals surface area contributed by atoms with E-state index >= 15 is 0 Å². The smallest absolute Gasteiger partial charge is 0.268 e. The summed E-state index contributed by atoms with van der Waals surface area (Å²) in [6, 6.07) is 1.56. The van der Waals surface area contributed by atoms with Crippen LogP contribution in [0.1, 0.15) is 16.5 Å². The Kier molecular flexibility index (Phi) is 3.20. The van der Waals surface area contributed by atoms with Crippen LogP contribution in [-0.2, 0) is 0 Å². The summed E-state index contributed by atoms with van der Waals surface area (Å²) in [6.07, 6.45) is -4.37. The largest absolute Gasteiger partial charge is 0.382 e. The first-order valence-electron chi connectivity index (χ1n) is 3.24. The molecule has 12 heavy (non-hydrogen) atoms. The number of thiophene rings is 1. The molecule has 1 aromatic rings. The number of hydrogen-bond acceptors (Lipinski definition) is 2. The Morgan fingerprint density at radius 2 is 2.17 bits per heavy atom. The molecule has 1 nitrogen and oxygen atoms in total. The molecule has 0 radical (unpaired) electrons. The van der Waals surface area contributed by atoms with Gasteiger partial charge >= 0.3 is 0 Å². The van der Waals surface area contributed by atoms with Gasteiger partial charge in [-0.05, 0) is 34.5 Å². The van der Waals surface area contributed by atoms with Crippen molar-refractivity contribution >= 4 is 27.3 Å². The molecule has 1 rings (SSSR count). The van der Waals surface area contributed by atoms with Crippen LogP contribution < -0.4 is 0 Å². The van der Waals surface area contributed by atoms with Crippen molar-refractivity contribution in [1.29, 1.82) is 0 Å². The predicted octanol–water partition coefficient (Wildman–Crippen LogP) is 3.12. The Labute approximate surface area is 81.2 Å². The van der Waals surface area contributed by atoms with Crippen molar-refractivity contribution in [2.75, 3.05) is 0 Å². The number of aryl methyl sites for hydroxylation is 1. The quantitative estimate of drug-likeness (QED) is 0.863. The van der Waals surface area contributed by atoms with Gasteiger partial charge in [-0.3, -0.25) is 0 Å². The van der Waals surface area contributed by atoms with Gasteiger partial charge in [0.25, 0.3) is 6.43 Å². The van der Waals surface area contributed by atoms with Crippen molar-refractivity contribution in [2.45, 2.75) is 19.5 Å². The Balaban J connectivity index is 2.89. The second-order valence-electron chi connectivity index (χ2n) is 2.38. The zero-order chi connectivity index (χ0) is 9.30. The van der Waals surface area contributed by atoms with Gasteiger partial charge in [0.1, 0.15) is 6.10 Å². The van der Waals surface area contributed by atoms with E-state index in [1.807, 2.05) is 0 Å². The first-order valence-corrected chi connectivity index (χ1v) is 4.85. The minimum Gasteiger partial charge on any atom is -0.382 e. The molecule has 1 N–H and O–H groups in total. The van der Waals surface area contributed by atoms with Crippen LogP contribution in [0, 0.1) is 6.92 Å². The number of aliphatic hydroxyl groups excluding tert-OH is 1. The van der Waals surface area contributed by atoms with Crippen molar-refractivity contribution in [2.24, 2.45) is 0 Å². The van der Waals surface area contributed by atoms with E-state index in [1.165, 1.54) is 0 Å². The lowest BCUT2D eigenvalue weighted by atomic mass is 10.2. The van der Waals surface area contributed by atoms with Crippen LogP contribution >= 0.6 is 27.3 Å². The van der Waals surface area contributed by atoms with Gasteiger partial charge in [0, 0.05) is 4.88 Å². The van der Waals surface area contributed by atoms with Gasteiger partial charge in [0.2, 0.25) is 0 Å². The molecule has 0 aliphatic rings. The highest BCUT2D eigenvalue weighted by Crippen LogP contribution is 2.33. The lowest BCUT2D eigenvalue weighted by molar-refractivity contribution is -0.00371. The molecule has 1 aromatic heterocycles. The summed E-state index contributed by atoms with van der Waals surface area (Å²) in [7, 11) is 0. The van der Waals surface area contributed by atoms with E-state index in [-0.39, 0.29) is 0 Å². The second-order valence-corrected chi connectivity index (χ2v) is 4.79. The van der Waals surface area contributed by atoms with E-state index in [0.717, 1.165) is 20.7 Å². The summed E-state index contributed by atoms with van der Waals surface area (Å²) in [5, 5.41) is 8.98. The van der Waals surface area contributed by atoms with Crippen LogP contribution in [0.15, 0.2) is 9.85 Å². The Morgan fingerprint density at radius 1 is 1.58 bits per heavy atom. The maximum Gasteiger partial charge on any atom is 0.268 e. The Morgan fingerprint density at radius 3 is 2.50 bits per heavy atom. The van der Waals surface area contributed by atoms with Crippen molar-refractivity contribution in [3.8, 4) is 0 Å². The summed E-state index contributed by atoms with van der Waals surface area (Å²) in [5.41, 5.74) is 0.870. The van der Waals surface area contributed by atoms with Gasteiger partial charge in [-0.25, -0.2) is 8.78 Å². The van der Waals surface area contributed by atoms with E-state index in [0.29, 0.717) is 4.88 Å². The molecule has 68 valence electrons. The molecule has 0 aliphatic heterocycles. The topological polar surface area (TPSA) is 20.2 Å². The lowest BCUT2D eigenvalue weighted by Gasteiger charge is -2.04. The third-order valence-electron chi connectivity index (χ3n) is 1.41. The lowest BCUT2D eigenvalue weighted by Crippen LogP contribution is -2.05. The average molecular weight is 257 g/mol. The minimum absolute atomic E-state index is 0.300. The highest BCUT2D eigenvalue weighted by Gasteiger charge is 2.21. The molecule has 0 fully saturated rings. The fourth-order valence-electron chi connectivity index (χ4n) is 0.753. The Hall–Kier alpha value is -0.000000000000000111. The maximum atomic E-state index is 12.0. The SMILES string of the molecule is Cc1cc(C(O)C(F)F)sc1Br. The molecule has 0 spiro atoms. The van der Waals surface area contributed by atoms with E-state index in [9.17, 15) is 8.78 Å². The average Bonchev–Trinajstić information content (AvgIpc) is 2.30. The highest BCUT2D eigenvalue weighted by atomic mass is 79.9. The van der Waals surface area contributed by atoms with Crippen LogP contribution in [0.25, 0.3) is 0 Å². The van der Waals surface area contributed by atoms with Gasteiger partial charge in [0.15, 0.2) is 0 Å². The predicted molar refractivity (Wildman–Crippen MR) is 47.7 cm³/mol. The third-order valence-corrected chi connectivity index (χ3v) is 3.61. The summed E-state index contributed by atoms with van der Waals surface area (Å²) >= 11 is 4.33. The molecule has 0 bridgehead atoms. The van der Waals surface area contributed by atoms with Crippen molar-refractivity contribution in [1.82, 2.24) is 0 Å². The molecule has 0 saturated carbocycles. The van der Waals surface area contributed by atoms with Crippen LogP contribution in [0.4, 0.5) is 8.78 Å². The van der Waals surface area contributed by atoms with E-state index in [1.54, 1.807) is 13.0 Å². The van der Waals surface area contributed by atoms with E-state index in [4.69, 9.17) is 5.11 Å². The number of alkyl halides is 2. The zero-order valence-electron chi connectivity index (χ0n) is 6.22. The summed E-state index contributed by atoms with van der Waals surface area (Å²) in [4.78, 5) is 0.300. The minimum atomic E-state index is -2.71. The molecular weight excluding hydrogens is 250 g/mol. The van der Waals surface area contributed by atoms with Gasteiger partial charge in [-0.1, -0.05) is 0 Å². The number of halogens is 3. The molecule has 1 heterocycles. The number of aliphatic hydroxyl groups is 1. The van der Waals surface area contributed by atoms with Crippen molar-refractivity contribution in [3.63, 3.8) is 0 Å². The zero-order valence-corrected chi connectivity index (χ0v) is 8.62. The first kappa shape index (κ1) is 10.1. The van der Waals surface area contributed by atoms with Gasteiger partial charge in [0.05, 0.1) is 3.79 Å². The van der Waals surface area contributed by atoms with Crippen molar-refractivity contribution < 1.29 is 13.9 Å². The van der Waals surface area contributed by atoms with Gasteiger partial charge in [-0.2, -0.15) is 0 Å². The van der Waals surface area contributed by atoms with Gasteiger partial charge in [-0.15, -0.1) is 11.3 Å². The molecule has 0 amide bonds. The van der Waals surface area contributed by atoms with E-state index in [2.05, 4.69) is 15.9 Å². The molecule has 0 saturated heterocycles. The summed E-state index contributed by atoms with van der Waals surface area (Å²) in [6.45, 7) is 1.79. The standard InChI is InChI=1S/C7H7BrF2OS/c1-3-2-4(12-6(3)8)5(11)7(9)10/h2,5,7,11H,1H3. The summed E-state index contributed by atoms with van der Waals surface area (Å²) in [5.74, 6) is 0. The number of hydrogen-bond donors (Lipinski definition) is 1. The Bertz CT molecular complexity index is 255. The molecule has 1 unspecified atom stereocenters. The molecule has 5 heteroatoms. The molecule has 1 atom stereocenters. The molecular formula is C7H7BrF2OS. The highest BCUT2D eigenvalue weighted by molar-refractivity contribution is 9.11. The van der Waals surface area contributed by atoms with Crippen molar-refractivity contribution in [3.05, 3.63) is 20.3 Å². The molecule has 0 aliphatic carbocycles. The monoisotopic (exact) mass is 256 g/mol. The number of rotatable bonds is 2. The van der Waals surface area contributed by atoms with Crippen LogP contribution in [0.5, 0.6) is 0 Å². The fraction of sp³-hybridized carbons (Fsp3) is 0.429. The second kappa shape index (κ2) is 3.81.